The van der Waals surface area contributed by atoms with E-state index >= 15 is 0 Å². The fourth-order valence-electron chi connectivity index (χ4n) is 5.04. The van der Waals surface area contributed by atoms with Gasteiger partial charge in [-0.15, -0.1) is 0 Å². The van der Waals surface area contributed by atoms with Crippen molar-refractivity contribution in [1.29, 1.82) is 0 Å². The molecule has 27 heavy (non-hydrogen) atoms. The van der Waals surface area contributed by atoms with Gasteiger partial charge in [0.1, 0.15) is 0 Å². The van der Waals surface area contributed by atoms with Gasteiger partial charge in [-0.1, -0.05) is 37.5 Å². The number of ether oxygens (including phenoxy) is 4. The molecular weight excluding hydrogens is 340 g/mol. The molecule has 4 atom stereocenters. The molecule has 4 heteroatoms. The number of hydrogen-bond donors (Lipinski definition) is 0. The van der Waals surface area contributed by atoms with E-state index in [0.717, 1.165) is 6.42 Å². The van der Waals surface area contributed by atoms with E-state index in [2.05, 4.69) is 25.3 Å². The summed E-state index contributed by atoms with van der Waals surface area (Å²) in [4.78, 5) is 0. The lowest BCUT2D eigenvalue weighted by Crippen LogP contribution is -2.38. The highest BCUT2D eigenvalue weighted by molar-refractivity contribution is 5.46. The van der Waals surface area contributed by atoms with Gasteiger partial charge >= 0.3 is 0 Å². The molecule has 0 spiro atoms. The number of rotatable bonds is 4. The summed E-state index contributed by atoms with van der Waals surface area (Å²) in [5.74, 6) is 0.789. The van der Waals surface area contributed by atoms with Crippen LogP contribution in [-0.2, 0) is 18.9 Å². The van der Waals surface area contributed by atoms with Crippen LogP contribution < -0.4 is 0 Å². The Hall–Kier alpha value is -1.72. The van der Waals surface area contributed by atoms with Crippen LogP contribution in [0.3, 0.4) is 0 Å². The maximum Gasteiger partial charge on any atom is 0.0910 e. The molecule has 0 bridgehead atoms. The molecule has 0 saturated heterocycles. The molecule has 4 heterocycles. The van der Waals surface area contributed by atoms with E-state index in [1.165, 1.54) is 33.4 Å². The standard InChI is InChI=1S/C23H26O4/c1-3-14-8-24-12-20(14)18-6-16-5-17-7-19(21-13-25-9-15(21)4-2)11-27-23(17)22(16)26-10-18/h3-4,6-7,16-17,22-23H,1-2,5,8-13H2/t16-,17+,22+,23-. The Balaban J connectivity index is 1.39. The normalized spacial score (nSPS) is 35.7. The van der Waals surface area contributed by atoms with Crippen LogP contribution in [0.2, 0.25) is 0 Å². The van der Waals surface area contributed by atoms with Gasteiger partial charge in [0.05, 0.1) is 51.8 Å². The monoisotopic (exact) mass is 366 g/mol. The second-order valence-electron chi connectivity index (χ2n) is 7.90. The highest BCUT2D eigenvalue weighted by Crippen LogP contribution is 2.45. The molecule has 142 valence electrons. The Bertz CT molecular complexity index is 731. The fraction of sp³-hybridized carbons (Fsp3) is 0.478. The van der Waals surface area contributed by atoms with E-state index in [9.17, 15) is 0 Å². The van der Waals surface area contributed by atoms with Crippen molar-refractivity contribution in [3.8, 4) is 0 Å². The molecule has 0 aromatic carbocycles. The molecule has 4 aliphatic heterocycles. The molecule has 0 unspecified atom stereocenters. The third-order valence-corrected chi connectivity index (χ3v) is 6.46. The van der Waals surface area contributed by atoms with Crippen molar-refractivity contribution in [2.45, 2.75) is 18.6 Å². The topological polar surface area (TPSA) is 36.9 Å². The van der Waals surface area contributed by atoms with E-state index in [1.54, 1.807) is 0 Å². The zero-order valence-corrected chi connectivity index (χ0v) is 15.6. The summed E-state index contributed by atoms with van der Waals surface area (Å²) in [6.07, 6.45) is 10.0. The zero-order valence-electron chi connectivity index (χ0n) is 15.6. The molecule has 5 aliphatic rings. The van der Waals surface area contributed by atoms with Crippen molar-refractivity contribution < 1.29 is 18.9 Å². The molecule has 0 aromatic rings. The van der Waals surface area contributed by atoms with Crippen LogP contribution in [0.1, 0.15) is 6.42 Å². The third kappa shape index (κ3) is 2.92. The maximum absolute atomic E-state index is 6.29. The number of hydrogen-bond acceptors (Lipinski definition) is 4. The molecule has 0 N–H and O–H groups in total. The Morgan fingerprint density at radius 1 is 0.704 bits per heavy atom. The van der Waals surface area contributed by atoms with Gasteiger partial charge in [0.25, 0.3) is 0 Å². The van der Waals surface area contributed by atoms with Crippen molar-refractivity contribution >= 4 is 0 Å². The van der Waals surface area contributed by atoms with Gasteiger partial charge in [0, 0.05) is 11.8 Å². The van der Waals surface area contributed by atoms with E-state index < -0.39 is 0 Å². The summed E-state index contributed by atoms with van der Waals surface area (Å²) in [7, 11) is 0. The van der Waals surface area contributed by atoms with Crippen molar-refractivity contribution in [3.05, 3.63) is 70.9 Å². The molecule has 4 nitrogen and oxygen atoms in total. The minimum absolute atomic E-state index is 0.152. The van der Waals surface area contributed by atoms with E-state index in [4.69, 9.17) is 18.9 Å². The SMILES string of the molecule is C=CC1=C(C2=C[C@H]3C[C@H]4C=C(C5=C(C=C)COC5)CO[C@H]4[C@H]3OC2)COC1. The van der Waals surface area contributed by atoms with Gasteiger partial charge in [-0.3, -0.25) is 0 Å². The van der Waals surface area contributed by atoms with Gasteiger partial charge in [0.15, 0.2) is 0 Å². The van der Waals surface area contributed by atoms with Gasteiger partial charge in [-0.25, -0.2) is 0 Å². The Morgan fingerprint density at radius 2 is 1.19 bits per heavy atom. The van der Waals surface area contributed by atoms with Gasteiger partial charge in [0.2, 0.25) is 0 Å². The highest BCUT2D eigenvalue weighted by Gasteiger charge is 2.47. The second-order valence-corrected chi connectivity index (χ2v) is 7.90. The molecule has 5 rings (SSSR count). The molecule has 1 aliphatic carbocycles. The van der Waals surface area contributed by atoms with Gasteiger partial charge in [-0.05, 0) is 39.9 Å². The molecule has 1 saturated carbocycles. The quantitative estimate of drug-likeness (QED) is 0.765. The van der Waals surface area contributed by atoms with Crippen LogP contribution in [0.15, 0.2) is 70.9 Å². The van der Waals surface area contributed by atoms with E-state index in [0.29, 0.717) is 51.5 Å². The first-order valence-electron chi connectivity index (χ1n) is 9.78. The Morgan fingerprint density at radius 3 is 1.63 bits per heavy atom. The lowest BCUT2D eigenvalue weighted by atomic mass is 9.93. The van der Waals surface area contributed by atoms with Crippen molar-refractivity contribution in [2.75, 3.05) is 39.6 Å². The van der Waals surface area contributed by atoms with Gasteiger partial charge < -0.3 is 18.9 Å². The van der Waals surface area contributed by atoms with Gasteiger partial charge in [-0.2, -0.15) is 0 Å². The average molecular weight is 366 g/mol. The predicted octanol–water partition coefficient (Wildman–Crippen LogP) is 3.30. The molecule has 0 radical (unpaired) electrons. The minimum Gasteiger partial charge on any atom is -0.372 e. The molecule has 1 fully saturated rings. The summed E-state index contributed by atoms with van der Waals surface area (Å²) in [6, 6.07) is 0. The molecule has 0 amide bonds. The lowest BCUT2D eigenvalue weighted by molar-refractivity contribution is -0.0712. The first kappa shape index (κ1) is 17.4. The summed E-state index contributed by atoms with van der Waals surface area (Å²) in [6.45, 7) is 11.8. The Labute approximate surface area is 160 Å². The first-order valence-corrected chi connectivity index (χ1v) is 9.78. The summed E-state index contributed by atoms with van der Waals surface area (Å²) >= 11 is 0. The van der Waals surface area contributed by atoms with Crippen molar-refractivity contribution in [1.82, 2.24) is 0 Å². The van der Waals surface area contributed by atoms with Crippen molar-refractivity contribution in [2.24, 2.45) is 11.8 Å². The number of fused-ring (bicyclic) bond motifs is 3. The second kappa shape index (κ2) is 7.02. The van der Waals surface area contributed by atoms with E-state index in [-0.39, 0.29) is 12.2 Å². The van der Waals surface area contributed by atoms with Crippen LogP contribution >= 0.6 is 0 Å². The van der Waals surface area contributed by atoms with E-state index in [1.807, 2.05) is 12.2 Å². The minimum atomic E-state index is 0.152. The van der Waals surface area contributed by atoms with Crippen LogP contribution in [0.4, 0.5) is 0 Å². The lowest BCUT2D eigenvalue weighted by Gasteiger charge is -2.32. The zero-order chi connectivity index (χ0) is 18.4. The summed E-state index contributed by atoms with van der Waals surface area (Å²) in [5.41, 5.74) is 7.46. The highest BCUT2D eigenvalue weighted by atomic mass is 16.5. The van der Waals surface area contributed by atoms with Crippen LogP contribution in [0, 0.1) is 11.8 Å². The molecule has 0 aromatic heterocycles. The predicted molar refractivity (Wildman–Crippen MR) is 103 cm³/mol. The van der Waals surface area contributed by atoms with Crippen molar-refractivity contribution in [3.63, 3.8) is 0 Å². The Kier molecular flexibility index (Phi) is 4.52. The molecular formula is C23H26O4. The van der Waals surface area contributed by atoms with Crippen LogP contribution in [0.25, 0.3) is 0 Å². The summed E-state index contributed by atoms with van der Waals surface area (Å²) in [5, 5.41) is 0. The smallest absolute Gasteiger partial charge is 0.0910 e. The average Bonchev–Trinajstić information content (AvgIpc) is 3.43. The fourth-order valence-corrected chi connectivity index (χ4v) is 5.04. The first-order chi connectivity index (χ1) is 13.3. The largest absolute Gasteiger partial charge is 0.372 e. The van der Waals surface area contributed by atoms with Crippen LogP contribution in [0.5, 0.6) is 0 Å². The van der Waals surface area contributed by atoms with Crippen LogP contribution in [-0.4, -0.2) is 51.8 Å². The summed E-state index contributed by atoms with van der Waals surface area (Å²) < 4.78 is 23.8. The third-order valence-electron chi connectivity index (χ3n) is 6.46. The maximum atomic E-state index is 6.29.